The van der Waals surface area contributed by atoms with Gasteiger partial charge in [0.05, 0.1) is 14.2 Å². The van der Waals surface area contributed by atoms with Crippen molar-refractivity contribution in [2.75, 3.05) is 20.8 Å². The summed E-state index contributed by atoms with van der Waals surface area (Å²) in [6.07, 6.45) is 0.868. The zero-order valence-electron chi connectivity index (χ0n) is 12.9. The second-order valence-corrected chi connectivity index (χ2v) is 5.52. The van der Waals surface area contributed by atoms with E-state index < -0.39 is 0 Å². The van der Waals surface area contributed by atoms with Crippen LogP contribution in [-0.2, 0) is 11.8 Å². The van der Waals surface area contributed by atoms with Gasteiger partial charge in [0.25, 0.3) is 0 Å². The monoisotopic (exact) mass is 285 g/mol. The van der Waals surface area contributed by atoms with Crippen molar-refractivity contribution in [3.8, 4) is 11.5 Å². The molecule has 0 heterocycles. The molecule has 2 N–H and O–H groups in total. The summed E-state index contributed by atoms with van der Waals surface area (Å²) in [5.74, 6) is 1.74. The highest BCUT2D eigenvalue weighted by Gasteiger charge is 2.25. The Morgan fingerprint density at radius 2 is 1.62 bits per heavy atom. The van der Waals surface area contributed by atoms with E-state index in [1.54, 1.807) is 14.2 Å². The van der Waals surface area contributed by atoms with Crippen molar-refractivity contribution >= 4 is 0 Å². The maximum Gasteiger partial charge on any atom is 0.119 e. The van der Waals surface area contributed by atoms with Crippen LogP contribution in [0.15, 0.2) is 48.5 Å². The number of benzene rings is 2. The molecule has 2 rings (SSSR count). The summed E-state index contributed by atoms with van der Waals surface area (Å²) in [5, 5.41) is 0. The normalized spacial score (nSPS) is 13.5. The molecule has 0 aliphatic carbocycles. The molecule has 112 valence electrons. The van der Waals surface area contributed by atoms with E-state index in [0.717, 1.165) is 17.9 Å². The third-order valence-corrected chi connectivity index (χ3v) is 3.97. The Labute approximate surface area is 126 Å². The van der Waals surface area contributed by atoms with Gasteiger partial charge in [-0.3, -0.25) is 0 Å². The number of methoxy groups -OCH3 is 2. The minimum atomic E-state index is -0.112. The predicted octanol–water partition coefficient (Wildman–Crippen LogP) is 3.16. The second kappa shape index (κ2) is 6.64. The molecule has 0 saturated heterocycles. The Bertz CT molecular complexity index is 580. The molecule has 2 aromatic rings. The van der Waals surface area contributed by atoms with Crippen LogP contribution in [0.2, 0.25) is 0 Å². The largest absolute Gasteiger partial charge is 0.497 e. The summed E-state index contributed by atoms with van der Waals surface area (Å²) in [6, 6.07) is 16.3. The van der Waals surface area contributed by atoms with Crippen molar-refractivity contribution in [1.82, 2.24) is 0 Å². The van der Waals surface area contributed by atoms with Gasteiger partial charge in [-0.15, -0.1) is 0 Å². The molecule has 1 atom stereocenters. The van der Waals surface area contributed by atoms with E-state index in [9.17, 15) is 0 Å². The molecule has 0 amide bonds. The highest BCUT2D eigenvalue weighted by Crippen LogP contribution is 2.29. The van der Waals surface area contributed by atoms with Crippen molar-refractivity contribution in [2.24, 2.45) is 5.73 Å². The number of hydrogen-bond donors (Lipinski definition) is 1. The molecule has 3 heteroatoms. The van der Waals surface area contributed by atoms with Crippen LogP contribution in [0.1, 0.15) is 18.1 Å². The number of nitrogens with two attached hydrogens (primary N) is 1. The molecule has 0 radical (unpaired) electrons. The van der Waals surface area contributed by atoms with Gasteiger partial charge in [-0.1, -0.05) is 31.2 Å². The first-order valence-electron chi connectivity index (χ1n) is 7.09. The van der Waals surface area contributed by atoms with E-state index in [0.29, 0.717) is 6.54 Å². The van der Waals surface area contributed by atoms with Gasteiger partial charge in [0.15, 0.2) is 0 Å². The van der Waals surface area contributed by atoms with E-state index in [-0.39, 0.29) is 5.41 Å². The third-order valence-electron chi connectivity index (χ3n) is 3.97. The van der Waals surface area contributed by atoms with E-state index in [1.165, 1.54) is 11.1 Å². The number of hydrogen-bond acceptors (Lipinski definition) is 3. The first kappa shape index (κ1) is 15.4. The number of rotatable bonds is 6. The maximum absolute atomic E-state index is 6.07. The molecule has 0 aliphatic rings. The molecule has 3 nitrogen and oxygen atoms in total. The van der Waals surface area contributed by atoms with Gasteiger partial charge in [0.2, 0.25) is 0 Å². The fourth-order valence-corrected chi connectivity index (χ4v) is 2.52. The van der Waals surface area contributed by atoms with Crippen molar-refractivity contribution in [2.45, 2.75) is 18.8 Å². The summed E-state index contributed by atoms with van der Waals surface area (Å²) >= 11 is 0. The van der Waals surface area contributed by atoms with Gasteiger partial charge in [-0.25, -0.2) is 0 Å². The lowest BCUT2D eigenvalue weighted by molar-refractivity contribution is 0.411. The Kier molecular flexibility index (Phi) is 4.86. The molecule has 1 unspecified atom stereocenters. The van der Waals surface area contributed by atoms with Crippen molar-refractivity contribution in [1.29, 1.82) is 0 Å². The van der Waals surface area contributed by atoms with E-state index >= 15 is 0 Å². The molecule has 0 fully saturated rings. The molecule has 0 bridgehead atoms. The fraction of sp³-hybridized carbons (Fsp3) is 0.333. The average molecular weight is 285 g/mol. The van der Waals surface area contributed by atoms with Crippen molar-refractivity contribution in [3.63, 3.8) is 0 Å². The lowest BCUT2D eigenvalue weighted by Gasteiger charge is -2.29. The van der Waals surface area contributed by atoms with E-state index in [1.807, 2.05) is 24.3 Å². The van der Waals surface area contributed by atoms with Gasteiger partial charge in [0, 0.05) is 12.0 Å². The summed E-state index contributed by atoms with van der Waals surface area (Å²) in [7, 11) is 3.36. The van der Waals surface area contributed by atoms with Crippen molar-refractivity contribution in [3.05, 3.63) is 59.7 Å². The molecule has 0 aromatic heterocycles. The summed E-state index contributed by atoms with van der Waals surface area (Å²) in [5.41, 5.74) is 8.39. The molecule has 2 aromatic carbocycles. The van der Waals surface area contributed by atoms with Gasteiger partial charge < -0.3 is 15.2 Å². The second-order valence-electron chi connectivity index (χ2n) is 5.52. The molecule has 0 spiro atoms. The van der Waals surface area contributed by atoms with Crippen LogP contribution >= 0.6 is 0 Å². The Hall–Kier alpha value is -2.00. The first-order valence-corrected chi connectivity index (χ1v) is 7.09. The summed E-state index contributed by atoms with van der Waals surface area (Å²) in [6.45, 7) is 2.77. The van der Waals surface area contributed by atoms with Crippen LogP contribution in [0.3, 0.4) is 0 Å². The summed E-state index contributed by atoms with van der Waals surface area (Å²) in [4.78, 5) is 0. The smallest absolute Gasteiger partial charge is 0.119 e. The van der Waals surface area contributed by atoms with Crippen LogP contribution < -0.4 is 15.2 Å². The first-order chi connectivity index (χ1) is 10.1. The Balaban J connectivity index is 2.26. The highest BCUT2D eigenvalue weighted by molar-refractivity contribution is 5.36. The third kappa shape index (κ3) is 3.56. The quantitative estimate of drug-likeness (QED) is 0.886. The summed E-state index contributed by atoms with van der Waals surface area (Å²) < 4.78 is 10.5. The fourth-order valence-electron chi connectivity index (χ4n) is 2.52. The minimum absolute atomic E-state index is 0.112. The Morgan fingerprint density at radius 3 is 2.19 bits per heavy atom. The minimum Gasteiger partial charge on any atom is -0.497 e. The zero-order valence-corrected chi connectivity index (χ0v) is 12.9. The highest BCUT2D eigenvalue weighted by atomic mass is 16.5. The van der Waals surface area contributed by atoms with Gasteiger partial charge in [0.1, 0.15) is 11.5 Å². The van der Waals surface area contributed by atoms with Gasteiger partial charge >= 0.3 is 0 Å². The van der Waals surface area contributed by atoms with Crippen LogP contribution in [0.5, 0.6) is 11.5 Å². The molecule has 0 aliphatic heterocycles. The number of ether oxygens (including phenoxy) is 2. The van der Waals surface area contributed by atoms with Crippen LogP contribution in [0, 0.1) is 0 Å². The molecule has 0 saturated carbocycles. The zero-order chi connectivity index (χ0) is 15.3. The van der Waals surface area contributed by atoms with Crippen LogP contribution in [-0.4, -0.2) is 20.8 Å². The van der Waals surface area contributed by atoms with Crippen molar-refractivity contribution < 1.29 is 9.47 Å². The maximum atomic E-state index is 6.07. The molecular weight excluding hydrogens is 262 g/mol. The van der Waals surface area contributed by atoms with Gasteiger partial charge in [-0.2, -0.15) is 0 Å². The lowest BCUT2D eigenvalue weighted by atomic mass is 9.77. The van der Waals surface area contributed by atoms with E-state index in [4.69, 9.17) is 15.2 Å². The predicted molar refractivity (Wildman–Crippen MR) is 86.1 cm³/mol. The molecular formula is C18H23NO2. The lowest BCUT2D eigenvalue weighted by Crippen LogP contribution is -2.34. The molecule has 21 heavy (non-hydrogen) atoms. The van der Waals surface area contributed by atoms with Crippen LogP contribution in [0.4, 0.5) is 0 Å². The standard InChI is InChI=1S/C18H23NO2/c1-18(13-19,15-7-9-16(20-2)10-8-15)12-14-5-4-6-17(11-14)21-3/h4-11H,12-13,19H2,1-3H3. The van der Waals surface area contributed by atoms with Crippen LogP contribution in [0.25, 0.3) is 0 Å². The average Bonchev–Trinajstić information content (AvgIpc) is 2.55. The SMILES string of the molecule is COc1ccc(C(C)(CN)Cc2cccc(OC)c2)cc1. The van der Waals surface area contributed by atoms with Gasteiger partial charge in [-0.05, 0) is 41.8 Å². The topological polar surface area (TPSA) is 44.5 Å². The van der Waals surface area contributed by atoms with E-state index in [2.05, 4.69) is 31.2 Å². The Morgan fingerprint density at radius 1 is 0.952 bits per heavy atom.